The van der Waals surface area contributed by atoms with Crippen LogP contribution in [0.3, 0.4) is 0 Å². The first kappa shape index (κ1) is 14.4. The number of likely N-dealkylation sites (N-methyl/N-ethyl adjacent to an activating group) is 2. The summed E-state index contributed by atoms with van der Waals surface area (Å²) in [5.74, 6) is 1.37. The van der Waals surface area contributed by atoms with E-state index in [-0.39, 0.29) is 6.10 Å². The first-order valence-corrected chi connectivity index (χ1v) is 7.02. The lowest BCUT2D eigenvalue weighted by Crippen LogP contribution is -2.35. The summed E-state index contributed by atoms with van der Waals surface area (Å²) in [5.41, 5.74) is 0. The van der Waals surface area contributed by atoms with Gasteiger partial charge in [0, 0.05) is 25.6 Å². The number of aromatic nitrogens is 2. The molecule has 1 aliphatic rings. The largest absolute Gasteiger partial charge is 0.367 e. The van der Waals surface area contributed by atoms with E-state index in [0.717, 1.165) is 39.0 Å². The van der Waals surface area contributed by atoms with Crippen LogP contribution in [0.4, 0.5) is 0 Å². The van der Waals surface area contributed by atoms with Crippen molar-refractivity contribution in [3.05, 3.63) is 11.7 Å². The number of hydrogen-bond acceptors (Lipinski definition) is 6. The second-order valence-electron chi connectivity index (χ2n) is 5.15. The van der Waals surface area contributed by atoms with Crippen LogP contribution in [-0.2, 0) is 11.2 Å². The van der Waals surface area contributed by atoms with Crippen LogP contribution in [0, 0.1) is 0 Å². The van der Waals surface area contributed by atoms with Crippen LogP contribution in [0.25, 0.3) is 0 Å². The van der Waals surface area contributed by atoms with Crippen LogP contribution in [0.1, 0.15) is 37.6 Å². The van der Waals surface area contributed by atoms with E-state index in [0.29, 0.717) is 17.8 Å². The Bertz CT molecular complexity index is 382. The van der Waals surface area contributed by atoms with Gasteiger partial charge in [0.1, 0.15) is 6.10 Å². The van der Waals surface area contributed by atoms with Crippen LogP contribution in [0.15, 0.2) is 4.52 Å². The number of nitrogens with one attached hydrogen (secondary N) is 1. The molecule has 108 valence electrons. The molecule has 0 spiro atoms. The fraction of sp³-hybridized carbons (Fsp3) is 0.846. The molecule has 6 nitrogen and oxygen atoms in total. The quantitative estimate of drug-likeness (QED) is 0.830. The van der Waals surface area contributed by atoms with E-state index < -0.39 is 0 Å². The summed E-state index contributed by atoms with van der Waals surface area (Å²) in [6.07, 6.45) is 2.97. The lowest BCUT2D eigenvalue weighted by atomic mass is 10.1. The monoisotopic (exact) mass is 268 g/mol. The van der Waals surface area contributed by atoms with E-state index in [1.54, 1.807) is 0 Å². The molecule has 0 bridgehead atoms. The Hall–Kier alpha value is -0.980. The molecule has 1 fully saturated rings. The lowest BCUT2D eigenvalue weighted by molar-refractivity contribution is -0.0264. The van der Waals surface area contributed by atoms with Gasteiger partial charge in [-0.15, -0.1) is 0 Å². The maximum Gasteiger partial charge on any atom is 0.228 e. The first-order chi connectivity index (χ1) is 9.22. The number of rotatable bonds is 6. The molecule has 0 aliphatic carbocycles. The third-order valence-electron chi connectivity index (χ3n) is 3.51. The Morgan fingerprint density at radius 2 is 2.37 bits per heavy atom. The van der Waals surface area contributed by atoms with E-state index >= 15 is 0 Å². The summed E-state index contributed by atoms with van der Waals surface area (Å²) >= 11 is 0. The minimum absolute atomic E-state index is 0.0598. The van der Waals surface area contributed by atoms with Crippen LogP contribution < -0.4 is 5.32 Å². The topological polar surface area (TPSA) is 63.4 Å². The van der Waals surface area contributed by atoms with Crippen molar-refractivity contribution in [3.63, 3.8) is 0 Å². The maximum atomic E-state index is 5.68. The van der Waals surface area contributed by atoms with Crippen LogP contribution in [0.5, 0.6) is 0 Å². The Morgan fingerprint density at radius 1 is 1.53 bits per heavy atom. The van der Waals surface area contributed by atoms with Gasteiger partial charge in [-0.05, 0) is 20.5 Å². The molecule has 1 aromatic heterocycles. The highest BCUT2D eigenvalue weighted by Gasteiger charge is 2.24. The third kappa shape index (κ3) is 3.99. The molecule has 2 heterocycles. The smallest absolute Gasteiger partial charge is 0.228 e. The average molecular weight is 268 g/mol. The Labute approximate surface area is 114 Å². The van der Waals surface area contributed by atoms with Crippen molar-refractivity contribution < 1.29 is 9.26 Å². The molecule has 2 unspecified atom stereocenters. The van der Waals surface area contributed by atoms with Gasteiger partial charge in [0.25, 0.3) is 0 Å². The molecule has 1 aliphatic heterocycles. The summed E-state index contributed by atoms with van der Waals surface area (Å²) < 4.78 is 11.0. The van der Waals surface area contributed by atoms with Gasteiger partial charge in [-0.2, -0.15) is 4.98 Å². The van der Waals surface area contributed by atoms with Crippen molar-refractivity contribution in [1.82, 2.24) is 20.4 Å². The highest BCUT2D eigenvalue weighted by molar-refractivity contribution is 4.95. The maximum absolute atomic E-state index is 5.68. The highest BCUT2D eigenvalue weighted by Crippen LogP contribution is 2.19. The molecule has 6 heteroatoms. The van der Waals surface area contributed by atoms with E-state index in [4.69, 9.17) is 9.26 Å². The van der Waals surface area contributed by atoms with E-state index in [2.05, 4.69) is 34.3 Å². The predicted octanol–water partition coefficient (Wildman–Crippen LogP) is 1.00. The van der Waals surface area contributed by atoms with Crippen molar-refractivity contribution in [2.75, 3.05) is 33.8 Å². The van der Waals surface area contributed by atoms with Crippen molar-refractivity contribution in [3.8, 4) is 0 Å². The molecule has 1 saturated heterocycles. The minimum atomic E-state index is -0.0598. The molecule has 1 aromatic rings. The molecule has 0 amide bonds. The highest BCUT2D eigenvalue weighted by atomic mass is 16.5. The summed E-state index contributed by atoms with van der Waals surface area (Å²) in [6.45, 7) is 4.68. The molecule has 1 N–H and O–H groups in total. The summed E-state index contributed by atoms with van der Waals surface area (Å²) in [7, 11) is 4.05. The number of nitrogens with zero attached hydrogens (tertiary/aromatic N) is 3. The molecule has 0 saturated carbocycles. The fourth-order valence-corrected chi connectivity index (χ4v) is 2.32. The van der Waals surface area contributed by atoms with Gasteiger partial charge in [-0.3, -0.25) is 0 Å². The molecule has 19 heavy (non-hydrogen) atoms. The lowest BCUT2D eigenvalue weighted by Gasteiger charge is -2.27. The number of ether oxygens (including phenoxy) is 1. The standard InChI is InChI=1S/C13H24N4O2/c1-4-5-10(14-2)8-12-15-13(16-19-12)11-9-17(3)6-7-18-11/h10-11,14H,4-9H2,1-3H3. The Kier molecular flexibility index (Phi) is 5.30. The second-order valence-corrected chi connectivity index (χ2v) is 5.15. The first-order valence-electron chi connectivity index (χ1n) is 7.02. The van der Waals surface area contributed by atoms with Crippen LogP contribution in [-0.4, -0.2) is 54.9 Å². The molecule has 0 radical (unpaired) electrons. The van der Waals surface area contributed by atoms with Crippen molar-refractivity contribution in [1.29, 1.82) is 0 Å². The van der Waals surface area contributed by atoms with E-state index in [1.807, 2.05) is 7.05 Å². The van der Waals surface area contributed by atoms with Gasteiger partial charge in [-0.25, -0.2) is 0 Å². The summed E-state index contributed by atoms with van der Waals surface area (Å²) in [4.78, 5) is 6.69. The SMILES string of the molecule is CCCC(Cc1nc(C2CN(C)CCO2)no1)NC. The summed E-state index contributed by atoms with van der Waals surface area (Å²) in [5, 5.41) is 7.34. The molecular weight excluding hydrogens is 244 g/mol. The van der Waals surface area contributed by atoms with Gasteiger partial charge in [0.2, 0.25) is 11.7 Å². The minimum Gasteiger partial charge on any atom is -0.367 e. The van der Waals surface area contributed by atoms with Crippen LogP contribution in [0.2, 0.25) is 0 Å². The zero-order valence-corrected chi connectivity index (χ0v) is 12.1. The zero-order valence-electron chi connectivity index (χ0n) is 12.1. The number of hydrogen-bond donors (Lipinski definition) is 1. The average Bonchev–Trinajstić information content (AvgIpc) is 2.87. The molecule has 0 aromatic carbocycles. The number of morpholine rings is 1. The van der Waals surface area contributed by atoms with Gasteiger partial charge in [-0.1, -0.05) is 18.5 Å². The van der Waals surface area contributed by atoms with Crippen molar-refractivity contribution in [2.45, 2.75) is 38.3 Å². The zero-order chi connectivity index (χ0) is 13.7. The van der Waals surface area contributed by atoms with Gasteiger partial charge in [0.15, 0.2) is 0 Å². The van der Waals surface area contributed by atoms with E-state index in [9.17, 15) is 0 Å². The Balaban J connectivity index is 1.94. The normalized spacial score (nSPS) is 22.6. The van der Waals surface area contributed by atoms with Gasteiger partial charge >= 0.3 is 0 Å². The molecule has 2 atom stereocenters. The van der Waals surface area contributed by atoms with Gasteiger partial charge < -0.3 is 19.5 Å². The fourth-order valence-electron chi connectivity index (χ4n) is 2.32. The molecule has 2 rings (SSSR count). The van der Waals surface area contributed by atoms with Crippen molar-refractivity contribution in [2.24, 2.45) is 0 Å². The van der Waals surface area contributed by atoms with Gasteiger partial charge in [0.05, 0.1) is 6.61 Å². The van der Waals surface area contributed by atoms with Crippen LogP contribution >= 0.6 is 0 Å². The molecular formula is C13H24N4O2. The Morgan fingerprint density at radius 3 is 3.05 bits per heavy atom. The van der Waals surface area contributed by atoms with Crippen molar-refractivity contribution >= 4 is 0 Å². The third-order valence-corrected chi connectivity index (χ3v) is 3.51. The summed E-state index contributed by atoms with van der Waals surface area (Å²) in [6, 6.07) is 0.397. The second kappa shape index (κ2) is 6.98. The van der Waals surface area contributed by atoms with E-state index in [1.165, 1.54) is 0 Å². The predicted molar refractivity (Wildman–Crippen MR) is 71.9 cm³/mol.